The molecule has 3 fully saturated rings. The van der Waals surface area contributed by atoms with Gasteiger partial charge in [0.2, 0.25) is 5.95 Å². The number of aryl methyl sites for hydroxylation is 1. The molecule has 1 unspecified atom stereocenters. The molecule has 6 heterocycles. The number of nitrogens with zero attached hydrogens (tertiary/aromatic N) is 6. The fraction of sp³-hybridized carbons (Fsp3) is 0.692. The standard InChI is InChI=1S/C26H38N8O4S/c1-2-16-14-18(38-32-16)22-20(35)21(36)25(37-22)34-15-28-19-23(29-17-6-12-39-13-7-17)30-26(31-24(19)34)27-8-11-33-9-4-3-5-10-33/h14-15,17,20-22,25,35-36H,2-13H2,1H3,(H2,27,29,30,31)/t20-,21+,22?,25+/m0/s1. The van der Waals surface area contributed by atoms with E-state index in [2.05, 4.69) is 25.7 Å². The topological polar surface area (TPSA) is 147 Å². The summed E-state index contributed by atoms with van der Waals surface area (Å²) in [6, 6.07) is 2.07. The van der Waals surface area contributed by atoms with Crippen LogP contribution in [0.1, 0.15) is 62.8 Å². The molecular weight excluding hydrogens is 520 g/mol. The normalized spacial score (nSPS) is 26.8. The molecule has 0 spiro atoms. The van der Waals surface area contributed by atoms with Crippen molar-refractivity contribution in [2.45, 2.75) is 76.0 Å². The smallest absolute Gasteiger partial charge is 0.226 e. The third kappa shape index (κ3) is 5.73. The zero-order valence-electron chi connectivity index (χ0n) is 22.3. The second-order valence-corrected chi connectivity index (χ2v) is 11.8. The van der Waals surface area contributed by atoms with Crippen LogP contribution in [0.4, 0.5) is 11.8 Å². The number of hydrogen-bond donors (Lipinski definition) is 4. The van der Waals surface area contributed by atoms with Crippen LogP contribution in [0, 0.1) is 0 Å². The fourth-order valence-corrected chi connectivity index (χ4v) is 6.69. The highest BCUT2D eigenvalue weighted by Gasteiger charge is 2.47. The van der Waals surface area contributed by atoms with Crippen molar-refractivity contribution >= 4 is 34.7 Å². The van der Waals surface area contributed by atoms with Crippen molar-refractivity contribution in [3.05, 3.63) is 23.8 Å². The number of aliphatic hydroxyl groups is 2. The molecule has 0 saturated carbocycles. The van der Waals surface area contributed by atoms with E-state index in [0.717, 1.165) is 56.2 Å². The molecule has 4 N–H and O–H groups in total. The Labute approximate surface area is 231 Å². The van der Waals surface area contributed by atoms with Crippen LogP contribution in [0.3, 0.4) is 0 Å². The third-order valence-electron chi connectivity index (χ3n) is 7.88. The van der Waals surface area contributed by atoms with Gasteiger partial charge in [-0.1, -0.05) is 18.5 Å². The first-order chi connectivity index (χ1) is 19.1. The Morgan fingerprint density at radius 2 is 1.92 bits per heavy atom. The molecule has 0 amide bonds. The van der Waals surface area contributed by atoms with Crippen LogP contribution in [0.2, 0.25) is 0 Å². The molecule has 0 radical (unpaired) electrons. The van der Waals surface area contributed by atoms with Crippen LogP contribution in [-0.2, 0) is 11.2 Å². The van der Waals surface area contributed by atoms with E-state index < -0.39 is 24.5 Å². The Kier molecular flexibility index (Phi) is 8.21. The average Bonchev–Trinajstić information content (AvgIpc) is 3.68. The number of hydrogen-bond acceptors (Lipinski definition) is 12. The Balaban J connectivity index is 1.27. The van der Waals surface area contributed by atoms with E-state index in [1.165, 1.54) is 19.3 Å². The van der Waals surface area contributed by atoms with Crippen LogP contribution < -0.4 is 10.6 Å². The monoisotopic (exact) mass is 558 g/mol. The minimum Gasteiger partial charge on any atom is -0.387 e. The van der Waals surface area contributed by atoms with E-state index >= 15 is 0 Å². The van der Waals surface area contributed by atoms with Gasteiger partial charge in [0.25, 0.3) is 0 Å². The molecule has 3 aromatic heterocycles. The van der Waals surface area contributed by atoms with Crippen molar-refractivity contribution in [2.24, 2.45) is 0 Å². The summed E-state index contributed by atoms with van der Waals surface area (Å²) < 4.78 is 13.2. The fourth-order valence-electron chi connectivity index (χ4n) is 5.58. The molecular formula is C26H38N8O4S. The van der Waals surface area contributed by atoms with Crippen molar-refractivity contribution < 1.29 is 19.5 Å². The SMILES string of the molecule is CCc1cc(C2O[C@@H](n3cnc4c(NC5CCSCC5)nc(NCCN5CCCCC5)nc43)[C@H](O)[C@@H]2O)on1. The molecule has 0 aliphatic carbocycles. The molecule has 13 heteroatoms. The highest BCUT2D eigenvalue weighted by atomic mass is 32.2. The number of ether oxygens (including phenoxy) is 1. The number of anilines is 2. The number of rotatable bonds is 9. The summed E-state index contributed by atoms with van der Waals surface area (Å²) in [7, 11) is 0. The summed E-state index contributed by atoms with van der Waals surface area (Å²) in [6.07, 6.45) is 4.07. The molecule has 39 heavy (non-hydrogen) atoms. The molecule has 0 bridgehead atoms. The van der Waals surface area contributed by atoms with Gasteiger partial charge in [-0.25, -0.2) is 4.98 Å². The zero-order chi connectivity index (χ0) is 26.8. The molecule has 4 atom stereocenters. The van der Waals surface area contributed by atoms with Gasteiger partial charge in [0.1, 0.15) is 18.3 Å². The van der Waals surface area contributed by atoms with Crippen LogP contribution >= 0.6 is 11.8 Å². The first kappa shape index (κ1) is 26.8. The summed E-state index contributed by atoms with van der Waals surface area (Å²) in [5, 5.41) is 32.9. The number of aliphatic hydroxyl groups excluding tert-OH is 2. The Bertz CT molecular complexity index is 1240. The summed E-state index contributed by atoms with van der Waals surface area (Å²) in [6.45, 7) is 5.89. The predicted octanol–water partition coefficient (Wildman–Crippen LogP) is 2.57. The van der Waals surface area contributed by atoms with Crippen molar-refractivity contribution in [2.75, 3.05) is 48.3 Å². The number of imidazole rings is 1. The van der Waals surface area contributed by atoms with E-state index in [1.807, 2.05) is 18.7 Å². The average molecular weight is 559 g/mol. The van der Waals surface area contributed by atoms with Gasteiger partial charge in [0.15, 0.2) is 29.0 Å². The maximum absolute atomic E-state index is 11.0. The van der Waals surface area contributed by atoms with Gasteiger partial charge >= 0.3 is 0 Å². The number of aromatic nitrogens is 5. The largest absolute Gasteiger partial charge is 0.387 e. The lowest BCUT2D eigenvalue weighted by Gasteiger charge is -2.26. The van der Waals surface area contributed by atoms with E-state index in [0.29, 0.717) is 41.2 Å². The molecule has 6 rings (SSSR count). The van der Waals surface area contributed by atoms with E-state index in [1.54, 1.807) is 17.0 Å². The molecule has 3 aliphatic rings. The maximum Gasteiger partial charge on any atom is 0.226 e. The second-order valence-electron chi connectivity index (χ2n) is 10.6. The highest BCUT2D eigenvalue weighted by molar-refractivity contribution is 7.99. The van der Waals surface area contributed by atoms with Gasteiger partial charge in [-0.05, 0) is 56.7 Å². The van der Waals surface area contributed by atoms with Gasteiger partial charge in [0.05, 0.1) is 12.0 Å². The Morgan fingerprint density at radius 3 is 2.69 bits per heavy atom. The zero-order valence-corrected chi connectivity index (χ0v) is 23.1. The van der Waals surface area contributed by atoms with Gasteiger partial charge in [-0.15, -0.1) is 0 Å². The van der Waals surface area contributed by atoms with Crippen molar-refractivity contribution in [3.8, 4) is 0 Å². The summed E-state index contributed by atoms with van der Waals surface area (Å²) in [4.78, 5) is 16.7. The summed E-state index contributed by atoms with van der Waals surface area (Å²) >= 11 is 1.97. The second kappa shape index (κ2) is 12.0. The molecule has 212 valence electrons. The van der Waals surface area contributed by atoms with Gasteiger partial charge in [0, 0.05) is 25.2 Å². The van der Waals surface area contributed by atoms with Crippen LogP contribution in [0.15, 0.2) is 16.9 Å². The van der Waals surface area contributed by atoms with Crippen LogP contribution in [0.25, 0.3) is 11.2 Å². The lowest BCUT2D eigenvalue weighted by Crippen LogP contribution is -2.34. The van der Waals surface area contributed by atoms with E-state index in [4.69, 9.17) is 19.2 Å². The molecule has 3 saturated heterocycles. The van der Waals surface area contributed by atoms with Crippen molar-refractivity contribution in [1.29, 1.82) is 0 Å². The minimum absolute atomic E-state index is 0.314. The lowest BCUT2D eigenvalue weighted by molar-refractivity contribution is -0.0434. The lowest BCUT2D eigenvalue weighted by atomic mass is 10.1. The van der Waals surface area contributed by atoms with Gasteiger partial charge < -0.3 is 35.0 Å². The van der Waals surface area contributed by atoms with E-state index in [9.17, 15) is 10.2 Å². The summed E-state index contributed by atoms with van der Waals surface area (Å²) in [5.41, 5.74) is 1.90. The number of likely N-dealkylation sites (tertiary alicyclic amines) is 1. The van der Waals surface area contributed by atoms with Crippen LogP contribution in [-0.4, -0.2) is 95.7 Å². The van der Waals surface area contributed by atoms with Gasteiger partial charge in [-0.3, -0.25) is 4.57 Å². The molecule has 0 aromatic carbocycles. The quantitative estimate of drug-likeness (QED) is 0.306. The predicted molar refractivity (Wildman–Crippen MR) is 149 cm³/mol. The highest BCUT2D eigenvalue weighted by Crippen LogP contribution is 2.40. The molecule has 3 aromatic rings. The Hall–Kier alpha value is -2.45. The van der Waals surface area contributed by atoms with E-state index in [-0.39, 0.29) is 0 Å². The number of nitrogens with one attached hydrogen (secondary N) is 2. The van der Waals surface area contributed by atoms with Crippen LogP contribution in [0.5, 0.6) is 0 Å². The number of thioether (sulfide) groups is 1. The maximum atomic E-state index is 11.0. The number of piperidine rings is 1. The number of fused-ring (bicyclic) bond motifs is 1. The third-order valence-corrected chi connectivity index (χ3v) is 8.92. The Morgan fingerprint density at radius 1 is 1.10 bits per heavy atom. The first-order valence-electron chi connectivity index (χ1n) is 14.1. The minimum atomic E-state index is -1.21. The first-order valence-corrected chi connectivity index (χ1v) is 15.3. The summed E-state index contributed by atoms with van der Waals surface area (Å²) in [5.74, 6) is 3.79. The molecule has 12 nitrogen and oxygen atoms in total. The van der Waals surface area contributed by atoms with Crippen molar-refractivity contribution in [3.63, 3.8) is 0 Å². The van der Waals surface area contributed by atoms with Crippen molar-refractivity contribution in [1.82, 2.24) is 29.6 Å². The molecule has 3 aliphatic heterocycles. The van der Waals surface area contributed by atoms with Gasteiger partial charge in [-0.2, -0.15) is 21.7 Å².